The molecule has 5 heteroatoms. The van der Waals surface area contributed by atoms with Crippen molar-refractivity contribution in [2.75, 3.05) is 26.2 Å². The normalized spacial score (nSPS) is 25.8. The fraction of sp³-hybridized carbons (Fsp3) is 0.750. The fourth-order valence-electron chi connectivity index (χ4n) is 3.78. The number of amides is 1. The molecule has 1 amide bonds. The second kappa shape index (κ2) is 6.18. The van der Waals surface area contributed by atoms with Gasteiger partial charge in [0, 0.05) is 25.5 Å². The minimum absolute atomic E-state index is 0.283. The second-order valence-electron chi connectivity index (χ2n) is 6.40. The molecule has 1 aromatic rings. The number of hydrogen-bond acceptors (Lipinski definition) is 3. The summed E-state index contributed by atoms with van der Waals surface area (Å²) in [5, 5.41) is 7.78. The number of aromatic nitrogens is 2. The van der Waals surface area contributed by atoms with Gasteiger partial charge < -0.3 is 10.2 Å². The third-order valence-corrected chi connectivity index (χ3v) is 5.16. The van der Waals surface area contributed by atoms with E-state index < -0.39 is 5.54 Å². The van der Waals surface area contributed by atoms with Crippen molar-refractivity contribution in [1.82, 2.24) is 20.0 Å². The first-order valence-electron chi connectivity index (χ1n) is 8.26. The molecular weight excluding hydrogens is 264 g/mol. The van der Waals surface area contributed by atoms with Crippen LogP contribution in [0, 0.1) is 5.92 Å². The summed E-state index contributed by atoms with van der Waals surface area (Å²) in [6.07, 6.45) is 8.96. The van der Waals surface area contributed by atoms with Gasteiger partial charge in [-0.05, 0) is 50.8 Å². The Kier molecular flexibility index (Phi) is 4.29. The maximum Gasteiger partial charge on any atom is 0.250 e. The van der Waals surface area contributed by atoms with Gasteiger partial charge in [-0.25, -0.2) is 0 Å². The lowest BCUT2D eigenvalue weighted by Gasteiger charge is -2.42. The standard InChI is InChI=1S/C16H26N4O/c1-2-14-5-3-11-19(13-14)15(21)16(6-9-17-10-7-16)20-12-4-8-18-20/h4,8,12,14,17H,2-3,5-7,9-11,13H2,1H3. The molecule has 2 aliphatic heterocycles. The molecule has 1 N–H and O–H groups in total. The van der Waals surface area contributed by atoms with Crippen LogP contribution >= 0.6 is 0 Å². The van der Waals surface area contributed by atoms with Crippen LogP contribution in [0.15, 0.2) is 18.5 Å². The van der Waals surface area contributed by atoms with Gasteiger partial charge in [-0.3, -0.25) is 9.48 Å². The monoisotopic (exact) mass is 290 g/mol. The zero-order valence-electron chi connectivity index (χ0n) is 12.9. The Balaban J connectivity index is 1.84. The van der Waals surface area contributed by atoms with Crippen LogP contribution in [0.2, 0.25) is 0 Å². The molecule has 3 heterocycles. The quantitative estimate of drug-likeness (QED) is 0.920. The highest BCUT2D eigenvalue weighted by molar-refractivity contribution is 5.84. The molecule has 1 aromatic heterocycles. The van der Waals surface area contributed by atoms with Crippen LogP contribution in [0.4, 0.5) is 0 Å². The van der Waals surface area contributed by atoms with E-state index in [1.54, 1.807) is 6.20 Å². The molecule has 1 atom stereocenters. The number of likely N-dealkylation sites (tertiary alicyclic amines) is 1. The summed E-state index contributed by atoms with van der Waals surface area (Å²) in [6, 6.07) is 1.92. The van der Waals surface area contributed by atoms with Crippen LogP contribution in [-0.2, 0) is 10.3 Å². The summed E-state index contributed by atoms with van der Waals surface area (Å²) in [4.78, 5) is 15.4. The van der Waals surface area contributed by atoms with Gasteiger partial charge in [0.2, 0.25) is 0 Å². The molecule has 5 nitrogen and oxygen atoms in total. The molecule has 2 fully saturated rings. The van der Waals surface area contributed by atoms with E-state index in [0.29, 0.717) is 5.92 Å². The van der Waals surface area contributed by atoms with E-state index in [0.717, 1.165) is 45.4 Å². The molecule has 2 aliphatic rings. The molecule has 0 aromatic carbocycles. The third kappa shape index (κ3) is 2.71. The largest absolute Gasteiger partial charge is 0.340 e. The maximum atomic E-state index is 13.3. The van der Waals surface area contributed by atoms with Gasteiger partial charge in [0.1, 0.15) is 5.54 Å². The van der Waals surface area contributed by atoms with Gasteiger partial charge in [-0.15, -0.1) is 0 Å². The average Bonchev–Trinajstić information content (AvgIpc) is 3.10. The number of rotatable bonds is 3. The van der Waals surface area contributed by atoms with E-state index in [1.165, 1.54) is 12.8 Å². The van der Waals surface area contributed by atoms with Crippen LogP contribution in [-0.4, -0.2) is 46.8 Å². The molecule has 1 unspecified atom stereocenters. The number of hydrogen-bond donors (Lipinski definition) is 1. The van der Waals surface area contributed by atoms with Crippen LogP contribution in [0.5, 0.6) is 0 Å². The molecule has 116 valence electrons. The summed E-state index contributed by atoms with van der Waals surface area (Å²) >= 11 is 0. The lowest BCUT2D eigenvalue weighted by atomic mass is 9.85. The van der Waals surface area contributed by atoms with Crippen molar-refractivity contribution in [2.45, 2.75) is 44.6 Å². The van der Waals surface area contributed by atoms with E-state index in [2.05, 4.69) is 22.2 Å². The Hall–Kier alpha value is -1.36. The number of carbonyl (C=O) groups excluding carboxylic acids is 1. The summed E-state index contributed by atoms with van der Waals surface area (Å²) in [5.74, 6) is 0.949. The SMILES string of the molecule is CCC1CCCN(C(=O)C2(n3cccn3)CCNCC2)C1. The number of nitrogens with zero attached hydrogens (tertiary/aromatic N) is 3. The maximum absolute atomic E-state index is 13.3. The van der Waals surface area contributed by atoms with Gasteiger partial charge in [0.15, 0.2) is 0 Å². The van der Waals surface area contributed by atoms with Gasteiger partial charge in [0.05, 0.1) is 0 Å². The van der Waals surface area contributed by atoms with E-state index in [1.807, 2.05) is 16.9 Å². The van der Waals surface area contributed by atoms with Crippen LogP contribution in [0.3, 0.4) is 0 Å². The molecule has 0 aliphatic carbocycles. The third-order valence-electron chi connectivity index (χ3n) is 5.16. The van der Waals surface area contributed by atoms with Gasteiger partial charge >= 0.3 is 0 Å². The van der Waals surface area contributed by atoms with Crippen LogP contribution in [0.1, 0.15) is 39.0 Å². The Bertz CT molecular complexity index is 465. The Morgan fingerprint density at radius 3 is 2.90 bits per heavy atom. The highest BCUT2D eigenvalue weighted by atomic mass is 16.2. The van der Waals surface area contributed by atoms with Crippen LogP contribution in [0.25, 0.3) is 0 Å². The average molecular weight is 290 g/mol. The minimum atomic E-state index is -0.468. The van der Waals surface area contributed by atoms with Crippen molar-refractivity contribution in [3.63, 3.8) is 0 Å². The van der Waals surface area contributed by atoms with Gasteiger partial charge in [-0.1, -0.05) is 13.3 Å². The van der Waals surface area contributed by atoms with Crippen molar-refractivity contribution >= 4 is 5.91 Å². The zero-order chi connectivity index (χ0) is 14.7. The first-order chi connectivity index (χ1) is 10.3. The topological polar surface area (TPSA) is 50.2 Å². The molecule has 2 saturated heterocycles. The van der Waals surface area contributed by atoms with Crippen LogP contribution < -0.4 is 5.32 Å². The summed E-state index contributed by atoms with van der Waals surface area (Å²) in [6.45, 7) is 5.83. The molecule has 0 radical (unpaired) electrons. The zero-order valence-corrected chi connectivity index (χ0v) is 12.9. The smallest absolute Gasteiger partial charge is 0.250 e. The van der Waals surface area contributed by atoms with E-state index in [9.17, 15) is 4.79 Å². The molecule has 0 saturated carbocycles. The summed E-state index contributed by atoms with van der Waals surface area (Å²) in [7, 11) is 0. The molecule has 21 heavy (non-hydrogen) atoms. The highest BCUT2D eigenvalue weighted by Crippen LogP contribution is 2.31. The predicted molar refractivity (Wildman–Crippen MR) is 81.9 cm³/mol. The fourth-order valence-corrected chi connectivity index (χ4v) is 3.78. The summed E-state index contributed by atoms with van der Waals surface area (Å²) < 4.78 is 1.91. The lowest BCUT2D eigenvalue weighted by Crippen LogP contribution is -2.57. The van der Waals surface area contributed by atoms with Crippen molar-refractivity contribution < 1.29 is 4.79 Å². The molecular formula is C16H26N4O. The van der Waals surface area contributed by atoms with E-state index in [-0.39, 0.29) is 5.91 Å². The Labute approximate surface area is 126 Å². The van der Waals surface area contributed by atoms with Crippen molar-refractivity contribution in [3.8, 4) is 0 Å². The first-order valence-corrected chi connectivity index (χ1v) is 8.26. The van der Waals surface area contributed by atoms with Crippen molar-refractivity contribution in [1.29, 1.82) is 0 Å². The summed E-state index contributed by atoms with van der Waals surface area (Å²) in [5.41, 5.74) is -0.468. The van der Waals surface area contributed by atoms with E-state index in [4.69, 9.17) is 0 Å². The van der Waals surface area contributed by atoms with Crippen molar-refractivity contribution in [3.05, 3.63) is 18.5 Å². The Morgan fingerprint density at radius 2 is 2.24 bits per heavy atom. The molecule has 0 bridgehead atoms. The second-order valence-corrected chi connectivity index (χ2v) is 6.40. The van der Waals surface area contributed by atoms with Gasteiger partial charge in [0.25, 0.3) is 5.91 Å². The predicted octanol–water partition coefficient (Wildman–Crippen LogP) is 1.61. The first kappa shape index (κ1) is 14.6. The number of piperidine rings is 2. The molecule has 0 spiro atoms. The number of carbonyl (C=O) groups is 1. The lowest BCUT2D eigenvalue weighted by molar-refractivity contribution is -0.145. The highest BCUT2D eigenvalue weighted by Gasteiger charge is 2.45. The van der Waals surface area contributed by atoms with Gasteiger partial charge in [-0.2, -0.15) is 5.10 Å². The molecule has 3 rings (SSSR count). The minimum Gasteiger partial charge on any atom is -0.340 e. The number of nitrogens with one attached hydrogen (secondary N) is 1. The van der Waals surface area contributed by atoms with Crippen molar-refractivity contribution in [2.24, 2.45) is 5.92 Å². The van der Waals surface area contributed by atoms with E-state index >= 15 is 0 Å². The Morgan fingerprint density at radius 1 is 1.43 bits per heavy atom.